The first kappa shape index (κ1) is 26.6. The van der Waals surface area contributed by atoms with E-state index in [0.29, 0.717) is 50.2 Å². The number of fused-ring (bicyclic) bond motifs is 2. The van der Waals surface area contributed by atoms with Gasteiger partial charge in [0, 0.05) is 22.7 Å². The molecule has 2 aliphatic heterocycles. The van der Waals surface area contributed by atoms with Gasteiger partial charge in [0.25, 0.3) is 11.5 Å². The Morgan fingerprint density at radius 1 is 1.23 bits per heavy atom. The van der Waals surface area contributed by atoms with Crippen molar-refractivity contribution in [1.82, 2.24) is 4.57 Å². The fourth-order valence-corrected chi connectivity index (χ4v) is 6.25. The van der Waals surface area contributed by atoms with Gasteiger partial charge in [-0.2, -0.15) is 0 Å². The fourth-order valence-electron chi connectivity index (χ4n) is 4.93. The Bertz CT molecular complexity index is 1750. The molecule has 0 aliphatic carbocycles. The molecule has 0 spiro atoms. The molecule has 2 aromatic carbocycles. The number of hydrogen-bond donors (Lipinski definition) is 0. The molecule has 200 valence electrons. The Labute approximate surface area is 233 Å². The zero-order chi connectivity index (χ0) is 28.0. The second kappa shape index (κ2) is 10.3. The number of thiazole rings is 1. The van der Waals surface area contributed by atoms with Crippen molar-refractivity contribution >= 4 is 46.1 Å². The number of rotatable bonds is 6. The Hall–Kier alpha value is -3.95. The van der Waals surface area contributed by atoms with E-state index < -0.39 is 23.7 Å². The molecule has 3 heterocycles. The van der Waals surface area contributed by atoms with Crippen molar-refractivity contribution in [2.75, 3.05) is 18.6 Å². The molecule has 0 saturated heterocycles. The first-order chi connectivity index (χ1) is 18.7. The summed E-state index contributed by atoms with van der Waals surface area (Å²) in [7, 11) is 1.50. The summed E-state index contributed by atoms with van der Waals surface area (Å²) in [4.78, 5) is 47.8. The SMILES string of the molecule is C=CCN1C(=O)/C(=c2\sc3n(c2=O)[C@@H](c2cc(Cl)ccc2OC)C(C(=O)OC(C)C)=C(C)N=3)c2ccccc21. The van der Waals surface area contributed by atoms with E-state index in [1.165, 1.54) is 11.7 Å². The van der Waals surface area contributed by atoms with E-state index in [0.717, 1.165) is 11.3 Å². The number of allylic oxidation sites excluding steroid dienone is 1. The minimum atomic E-state index is -0.938. The van der Waals surface area contributed by atoms with Crippen molar-refractivity contribution in [3.05, 3.63) is 102 Å². The summed E-state index contributed by atoms with van der Waals surface area (Å²) < 4.78 is 12.8. The molecule has 0 saturated carbocycles. The Balaban J connectivity index is 1.85. The molecule has 0 N–H and O–H groups in total. The fraction of sp³-hybridized carbons (Fsp3) is 0.241. The van der Waals surface area contributed by atoms with Gasteiger partial charge in [0.2, 0.25) is 0 Å². The quantitative estimate of drug-likeness (QED) is 0.337. The highest BCUT2D eigenvalue weighted by Gasteiger charge is 2.38. The van der Waals surface area contributed by atoms with Gasteiger partial charge < -0.3 is 14.4 Å². The van der Waals surface area contributed by atoms with Crippen LogP contribution in [0.15, 0.2) is 76.2 Å². The number of anilines is 1. The first-order valence-corrected chi connectivity index (χ1v) is 13.5. The lowest BCUT2D eigenvalue weighted by molar-refractivity contribution is -0.143. The minimum absolute atomic E-state index is 0.194. The molecular weight excluding hydrogens is 538 g/mol. The van der Waals surface area contributed by atoms with E-state index in [4.69, 9.17) is 21.1 Å². The van der Waals surface area contributed by atoms with E-state index in [1.807, 2.05) is 24.3 Å². The van der Waals surface area contributed by atoms with Crippen LogP contribution >= 0.6 is 22.9 Å². The summed E-state index contributed by atoms with van der Waals surface area (Å²) in [5, 5.41) is 0.405. The van der Waals surface area contributed by atoms with E-state index >= 15 is 0 Å². The molecule has 10 heteroatoms. The van der Waals surface area contributed by atoms with Crippen molar-refractivity contribution in [2.24, 2.45) is 4.99 Å². The Morgan fingerprint density at radius 3 is 2.67 bits per heavy atom. The molecule has 0 unspecified atom stereocenters. The van der Waals surface area contributed by atoms with Gasteiger partial charge in [0.15, 0.2) is 4.80 Å². The van der Waals surface area contributed by atoms with Crippen LogP contribution in [0.2, 0.25) is 5.02 Å². The third kappa shape index (κ3) is 4.41. The summed E-state index contributed by atoms with van der Waals surface area (Å²) in [6, 6.07) is 11.4. The molecule has 0 radical (unpaired) electrons. The number of benzene rings is 2. The predicted octanol–water partition coefficient (Wildman–Crippen LogP) is 3.75. The van der Waals surface area contributed by atoms with E-state index in [-0.39, 0.29) is 16.0 Å². The number of carbonyl (C=O) groups excluding carboxylic acids is 2. The van der Waals surface area contributed by atoms with Gasteiger partial charge in [-0.1, -0.05) is 47.2 Å². The van der Waals surface area contributed by atoms with Gasteiger partial charge in [-0.05, 0) is 45.0 Å². The molecular formula is C29H26ClN3O5S. The molecule has 2 aliphatic rings. The van der Waals surface area contributed by atoms with Crippen LogP contribution in [0.3, 0.4) is 0 Å². The maximum Gasteiger partial charge on any atom is 0.338 e. The summed E-state index contributed by atoms with van der Waals surface area (Å²) in [6.07, 6.45) is 1.25. The summed E-state index contributed by atoms with van der Waals surface area (Å²) in [6.45, 7) is 9.26. The largest absolute Gasteiger partial charge is 0.496 e. The zero-order valence-corrected chi connectivity index (χ0v) is 23.4. The third-order valence-corrected chi connectivity index (χ3v) is 7.80. The molecule has 1 atom stereocenters. The number of amides is 1. The number of para-hydroxylation sites is 1. The maximum absolute atomic E-state index is 14.2. The van der Waals surface area contributed by atoms with Crippen molar-refractivity contribution in [1.29, 1.82) is 0 Å². The number of hydrogen-bond acceptors (Lipinski definition) is 7. The molecule has 3 aromatic rings. The van der Waals surface area contributed by atoms with Crippen molar-refractivity contribution in [2.45, 2.75) is 32.9 Å². The van der Waals surface area contributed by atoms with Crippen LogP contribution in [0.4, 0.5) is 5.69 Å². The van der Waals surface area contributed by atoms with Crippen LogP contribution < -0.4 is 24.5 Å². The number of esters is 1. The lowest BCUT2D eigenvalue weighted by Crippen LogP contribution is -2.41. The summed E-state index contributed by atoms with van der Waals surface area (Å²) >= 11 is 7.49. The minimum Gasteiger partial charge on any atom is -0.496 e. The molecule has 1 amide bonds. The van der Waals surface area contributed by atoms with Gasteiger partial charge >= 0.3 is 5.97 Å². The highest BCUT2D eigenvalue weighted by atomic mass is 35.5. The molecule has 39 heavy (non-hydrogen) atoms. The second-order valence-corrected chi connectivity index (χ2v) is 10.8. The van der Waals surface area contributed by atoms with E-state index in [2.05, 4.69) is 11.6 Å². The number of carbonyl (C=O) groups is 2. The molecule has 1 aromatic heterocycles. The lowest BCUT2D eigenvalue weighted by atomic mass is 9.95. The van der Waals surface area contributed by atoms with Crippen LogP contribution in [0, 0.1) is 0 Å². The van der Waals surface area contributed by atoms with Crippen LogP contribution in [-0.2, 0) is 14.3 Å². The van der Waals surface area contributed by atoms with Gasteiger partial charge in [-0.25, -0.2) is 9.79 Å². The van der Waals surface area contributed by atoms with Crippen molar-refractivity contribution < 1.29 is 19.1 Å². The van der Waals surface area contributed by atoms with Crippen LogP contribution in [0.1, 0.15) is 37.9 Å². The topological polar surface area (TPSA) is 90.2 Å². The number of halogens is 1. The summed E-state index contributed by atoms with van der Waals surface area (Å²) in [5.74, 6) is -0.462. The van der Waals surface area contributed by atoms with Crippen LogP contribution in [-0.4, -0.2) is 36.2 Å². The maximum atomic E-state index is 14.2. The Morgan fingerprint density at radius 2 is 1.97 bits per heavy atom. The van der Waals surface area contributed by atoms with Gasteiger partial charge in [-0.15, -0.1) is 6.58 Å². The molecule has 5 rings (SSSR count). The summed E-state index contributed by atoms with van der Waals surface area (Å²) in [5.41, 5.74) is 2.29. The normalized spacial score (nSPS) is 17.6. The standard InChI is InChI=1S/C29H26ClN3O5S/c1-6-13-32-20-10-8-7-9-18(20)23(26(32)34)25-27(35)33-24(19-14-17(30)11-12-21(19)37-5)22(28(36)38-15(2)3)16(4)31-29(33)39-25/h6-12,14-15,24H,1,13H2,2-5H3/b25-23-/t24-/m0/s1. The van der Waals surface area contributed by atoms with E-state index in [9.17, 15) is 14.4 Å². The van der Waals surface area contributed by atoms with Crippen LogP contribution in [0.25, 0.3) is 5.57 Å². The number of ether oxygens (including phenoxy) is 2. The van der Waals surface area contributed by atoms with E-state index in [1.54, 1.807) is 49.9 Å². The third-order valence-electron chi connectivity index (χ3n) is 6.51. The molecule has 0 bridgehead atoms. The number of aromatic nitrogens is 1. The highest BCUT2D eigenvalue weighted by molar-refractivity contribution is 7.07. The van der Waals surface area contributed by atoms with Gasteiger partial charge in [0.1, 0.15) is 16.3 Å². The predicted molar refractivity (Wildman–Crippen MR) is 151 cm³/mol. The smallest absolute Gasteiger partial charge is 0.338 e. The second-order valence-electron chi connectivity index (χ2n) is 9.34. The molecule has 0 fully saturated rings. The first-order valence-electron chi connectivity index (χ1n) is 12.3. The lowest BCUT2D eigenvalue weighted by Gasteiger charge is -2.26. The van der Waals surface area contributed by atoms with Crippen molar-refractivity contribution in [3.63, 3.8) is 0 Å². The zero-order valence-electron chi connectivity index (χ0n) is 21.9. The van der Waals surface area contributed by atoms with Gasteiger partial charge in [0.05, 0.1) is 35.7 Å². The monoisotopic (exact) mass is 563 g/mol. The van der Waals surface area contributed by atoms with Gasteiger partial charge in [-0.3, -0.25) is 14.2 Å². The van der Waals surface area contributed by atoms with Crippen molar-refractivity contribution in [3.8, 4) is 5.75 Å². The highest BCUT2D eigenvalue weighted by Crippen LogP contribution is 2.38. The Kier molecular flexibility index (Phi) is 7.05. The molecule has 8 nitrogen and oxygen atoms in total. The average molecular weight is 564 g/mol. The number of nitrogens with zero attached hydrogens (tertiary/aromatic N) is 3. The average Bonchev–Trinajstić information content (AvgIpc) is 3.35. The van der Waals surface area contributed by atoms with Crippen LogP contribution in [0.5, 0.6) is 5.75 Å². The number of methoxy groups -OCH3 is 1.